The van der Waals surface area contributed by atoms with Gasteiger partial charge >= 0.3 is 0 Å². The number of carbonyl (C=O) groups excluding carboxylic acids is 3. The van der Waals surface area contributed by atoms with Gasteiger partial charge in [0.2, 0.25) is 17.5 Å². The van der Waals surface area contributed by atoms with Crippen LogP contribution in [0.25, 0.3) is 0 Å². The normalized spacial score (nSPS) is 28.2. The van der Waals surface area contributed by atoms with Crippen LogP contribution in [0.5, 0.6) is 0 Å². The van der Waals surface area contributed by atoms with Crippen molar-refractivity contribution in [1.82, 2.24) is 5.32 Å². The van der Waals surface area contributed by atoms with Gasteiger partial charge in [-0.25, -0.2) is 0 Å². The number of ketones is 2. The molecule has 5 heteroatoms. The first-order valence-electron chi connectivity index (χ1n) is 3.57. The van der Waals surface area contributed by atoms with Crippen molar-refractivity contribution in [2.75, 3.05) is 6.54 Å². The summed E-state index contributed by atoms with van der Waals surface area (Å²) >= 11 is 5.60. The fourth-order valence-electron chi connectivity index (χ4n) is 0.980. The van der Waals surface area contributed by atoms with Crippen molar-refractivity contribution < 1.29 is 14.4 Å². The lowest BCUT2D eigenvalue weighted by molar-refractivity contribution is -0.149. The van der Waals surface area contributed by atoms with Gasteiger partial charge in [-0.3, -0.25) is 14.4 Å². The summed E-state index contributed by atoms with van der Waals surface area (Å²) < 4.78 is 0. The van der Waals surface area contributed by atoms with Crippen molar-refractivity contribution in [1.29, 1.82) is 0 Å². The minimum atomic E-state index is -1.60. The molecule has 1 aliphatic carbocycles. The van der Waals surface area contributed by atoms with Gasteiger partial charge in [-0.05, 0) is 6.92 Å². The average Bonchev–Trinajstić information content (AvgIpc) is 2.04. The molecule has 1 N–H and O–H groups in total. The van der Waals surface area contributed by atoms with Gasteiger partial charge in [0.1, 0.15) is 0 Å². The van der Waals surface area contributed by atoms with E-state index in [2.05, 4.69) is 5.32 Å². The second-order valence-electron chi connectivity index (χ2n) is 2.59. The minimum absolute atomic E-state index is 0.181. The highest BCUT2D eigenvalue weighted by Crippen LogP contribution is 2.31. The molecule has 0 heterocycles. The number of rotatable bonds is 2. The van der Waals surface area contributed by atoms with E-state index in [1.54, 1.807) is 6.92 Å². The van der Waals surface area contributed by atoms with Crippen LogP contribution in [0.1, 0.15) is 13.3 Å². The van der Waals surface area contributed by atoms with Crippen molar-refractivity contribution in [3.8, 4) is 0 Å². The quantitative estimate of drug-likeness (QED) is 0.367. The molecule has 1 saturated carbocycles. The van der Waals surface area contributed by atoms with Crippen LogP contribution in [0.3, 0.4) is 0 Å². The highest BCUT2D eigenvalue weighted by Gasteiger charge is 2.57. The van der Waals surface area contributed by atoms with Crippen molar-refractivity contribution in [2.45, 2.75) is 18.2 Å². The number of amides is 1. The highest BCUT2D eigenvalue weighted by molar-refractivity contribution is 6.67. The molecule has 0 aliphatic heterocycles. The lowest BCUT2D eigenvalue weighted by Crippen LogP contribution is -2.60. The predicted octanol–water partition coefficient (Wildman–Crippen LogP) is -0.358. The number of hydrogen-bond acceptors (Lipinski definition) is 3. The topological polar surface area (TPSA) is 63.2 Å². The first kappa shape index (κ1) is 9.19. The molecule has 4 nitrogen and oxygen atoms in total. The maximum absolute atomic E-state index is 11.1. The summed E-state index contributed by atoms with van der Waals surface area (Å²) in [6, 6.07) is 0. The summed E-state index contributed by atoms with van der Waals surface area (Å²) in [5.41, 5.74) is 0. The summed E-state index contributed by atoms with van der Waals surface area (Å²) in [7, 11) is 0. The number of halogens is 1. The highest BCUT2D eigenvalue weighted by atomic mass is 35.5. The van der Waals surface area contributed by atoms with Gasteiger partial charge in [-0.2, -0.15) is 0 Å². The van der Waals surface area contributed by atoms with Gasteiger partial charge in [0.05, 0.1) is 6.42 Å². The Bertz CT molecular complexity index is 263. The SMILES string of the molecule is CCNC(=O)C1(Cl)CC(=O)C1=O. The molecule has 0 saturated heterocycles. The van der Waals surface area contributed by atoms with E-state index in [1.807, 2.05) is 0 Å². The van der Waals surface area contributed by atoms with Crippen molar-refractivity contribution in [3.63, 3.8) is 0 Å². The van der Waals surface area contributed by atoms with Gasteiger partial charge in [-0.1, -0.05) is 11.6 Å². The molecule has 66 valence electrons. The summed E-state index contributed by atoms with van der Waals surface area (Å²) in [5, 5.41) is 2.40. The van der Waals surface area contributed by atoms with E-state index in [0.29, 0.717) is 6.54 Å². The molecule has 0 radical (unpaired) electrons. The molecule has 1 aliphatic rings. The monoisotopic (exact) mass is 189 g/mol. The standard InChI is InChI=1S/C7H8ClNO3/c1-2-9-6(12)7(8)3-4(10)5(7)11/h2-3H2,1H3,(H,9,12). The van der Waals surface area contributed by atoms with Crippen LogP contribution in [0.15, 0.2) is 0 Å². The largest absolute Gasteiger partial charge is 0.354 e. The number of alkyl halides is 1. The molecule has 1 amide bonds. The van der Waals surface area contributed by atoms with E-state index < -0.39 is 22.3 Å². The number of nitrogens with one attached hydrogen (secondary N) is 1. The predicted molar refractivity (Wildman–Crippen MR) is 41.9 cm³/mol. The van der Waals surface area contributed by atoms with E-state index in [4.69, 9.17) is 11.6 Å². The minimum Gasteiger partial charge on any atom is -0.354 e. The van der Waals surface area contributed by atoms with Crippen LogP contribution >= 0.6 is 11.6 Å². The number of Topliss-reactive ketones (excluding diaryl/α,β-unsaturated/α-hetero) is 2. The van der Waals surface area contributed by atoms with Crippen LogP contribution in [-0.4, -0.2) is 28.9 Å². The fraction of sp³-hybridized carbons (Fsp3) is 0.571. The third kappa shape index (κ3) is 1.12. The molecule has 0 aromatic rings. The third-order valence-corrected chi connectivity index (χ3v) is 2.19. The Morgan fingerprint density at radius 1 is 1.67 bits per heavy atom. The van der Waals surface area contributed by atoms with Gasteiger partial charge < -0.3 is 5.32 Å². The van der Waals surface area contributed by atoms with Gasteiger partial charge in [0, 0.05) is 6.54 Å². The first-order valence-corrected chi connectivity index (χ1v) is 3.95. The van der Waals surface area contributed by atoms with Crippen molar-refractivity contribution >= 4 is 29.1 Å². The van der Waals surface area contributed by atoms with Gasteiger partial charge in [0.15, 0.2) is 4.87 Å². The zero-order chi connectivity index (χ0) is 9.35. The van der Waals surface area contributed by atoms with Crippen molar-refractivity contribution in [2.24, 2.45) is 0 Å². The van der Waals surface area contributed by atoms with Gasteiger partial charge in [-0.15, -0.1) is 0 Å². The third-order valence-electron chi connectivity index (χ3n) is 1.71. The molecule has 0 bridgehead atoms. The second-order valence-corrected chi connectivity index (χ2v) is 3.23. The zero-order valence-corrected chi connectivity index (χ0v) is 7.27. The van der Waals surface area contributed by atoms with E-state index in [-0.39, 0.29) is 6.42 Å². The van der Waals surface area contributed by atoms with Crippen LogP contribution < -0.4 is 5.32 Å². The molecular formula is C7H8ClNO3. The Morgan fingerprint density at radius 2 is 2.25 bits per heavy atom. The van der Waals surface area contributed by atoms with Gasteiger partial charge in [0.25, 0.3) is 0 Å². The van der Waals surface area contributed by atoms with Crippen LogP contribution in [0, 0.1) is 0 Å². The average molecular weight is 190 g/mol. The maximum atomic E-state index is 11.1. The molecule has 0 spiro atoms. The summed E-state index contributed by atoms with van der Waals surface area (Å²) in [6.45, 7) is 2.11. The summed E-state index contributed by atoms with van der Waals surface area (Å²) in [6.07, 6.45) is -0.181. The first-order chi connectivity index (χ1) is 5.52. The molecule has 12 heavy (non-hydrogen) atoms. The Morgan fingerprint density at radius 3 is 2.58 bits per heavy atom. The molecule has 0 aromatic heterocycles. The Kier molecular flexibility index (Phi) is 2.19. The fourth-order valence-corrected chi connectivity index (χ4v) is 1.27. The maximum Gasteiger partial charge on any atom is 0.249 e. The van der Waals surface area contributed by atoms with Crippen LogP contribution in [0.4, 0.5) is 0 Å². The lowest BCUT2D eigenvalue weighted by Gasteiger charge is -2.29. The van der Waals surface area contributed by atoms with Crippen LogP contribution in [0.2, 0.25) is 0 Å². The Labute approximate surface area is 74.3 Å². The van der Waals surface area contributed by atoms with E-state index in [0.717, 1.165) is 0 Å². The second kappa shape index (κ2) is 2.86. The summed E-state index contributed by atoms with van der Waals surface area (Å²) in [4.78, 5) is 30.9. The molecule has 1 fully saturated rings. The Hall–Kier alpha value is -0.900. The zero-order valence-electron chi connectivity index (χ0n) is 6.52. The number of carbonyl (C=O) groups is 3. The molecular weight excluding hydrogens is 182 g/mol. The van der Waals surface area contributed by atoms with E-state index in [9.17, 15) is 14.4 Å². The molecule has 1 rings (SSSR count). The molecule has 1 atom stereocenters. The smallest absolute Gasteiger partial charge is 0.249 e. The van der Waals surface area contributed by atoms with Crippen molar-refractivity contribution in [3.05, 3.63) is 0 Å². The van der Waals surface area contributed by atoms with E-state index >= 15 is 0 Å². The summed E-state index contributed by atoms with van der Waals surface area (Å²) in [5.74, 6) is -1.94. The molecule has 0 aromatic carbocycles. The molecule has 1 unspecified atom stereocenters. The number of hydrogen-bond donors (Lipinski definition) is 1. The van der Waals surface area contributed by atoms with Crippen LogP contribution in [-0.2, 0) is 14.4 Å². The lowest BCUT2D eigenvalue weighted by atomic mass is 9.80. The Balaban J connectivity index is 2.69. The van der Waals surface area contributed by atoms with E-state index in [1.165, 1.54) is 0 Å².